The van der Waals surface area contributed by atoms with Gasteiger partial charge in [-0.15, -0.1) is 0 Å². The first-order valence-corrected chi connectivity index (χ1v) is 5.96. The normalized spacial score (nSPS) is 11.5. The molecule has 0 aliphatic rings. The Morgan fingerprint density at radius 2 is 1.94 bits per heavy atom. The van der Waals surface area contributed by atoms with Crippen molar-refractivity contribution in [2.45, 2.75) is 39.8 Å². The summed E-state index contributed by atoms with van der Waals surface area (Å²) in [5.41, 5.74) is 6.17. The van der Waals surface area contributed by atoms with Crippen molar-refractivity contribution in [1.29, 1.82) is 0 Å². The molecule has 0 unspecified atom stereocenters. The molecule has 1 aromatic rings. The average Bonchev–Trinajstić information content (AvgIpc) is 2.25. The van der Waals surface area contributed by atoms with E-state index in [2.05, 4.69) is 42.6 Å². The van der Waals surface area contributed by atoms with Gasteiger partial charge in [0.25, 0.3) is 0 Å². The van der Waals surface area contributed by atoms with Crippen molar-refractivity contribution >= 4 is 5.69 Å². The maximum atomic E-state index is 5.69. The summed E-state index contributed by atoms with van der Waals surface area (Å²) in [4.78, 5) is 10.2. The highest BCUT2D eigenvalue weighted by Gasteiger charge is 2.13. The number of rotatable bonds is 6. The van der Waals surface area contributed by atoms with Crippen LogP contribution in [-0.2, 0) is 0 Å². The topological polar surface area (TPSA) is 64.3 Å². The molecule has 0 spiro atoms. The second kappa shape index (κ2) is 6.39. The molecule has 0 fully saturated rings. The van der Waals surface area contributed by atoms with Gasteiger partial charge in [-0.3, -0.25) is 4.90 Å². The highest BCUT2D eigenvalue weighted by molar-refractivity contribution is 5.44. The van der Waals surface area contributed by atoms with Gasteiger partial charge in [0.05, 0.1) is 6.20 Å². The third-order valence-electron chi connectivity index (χ3n) is 2.62. The molecule has 0 atom stereocenters. The van der Waals surface area contributed by atoms with Gasteiger partial charge in [0, 0.05) is 18.6 Å². The van der Waals surface area contributed by atoms with Crippen LogP contribution in [0.1, 0.15) is 27.7 Å². The molecule has 0 radical (unpaired) electrons. The smallest absolute Gasteiger partial charge is 0.240 e. The molecule has 1 heterocycles. The maximum absolute atomic E-state index is 5.69. The predicted octanol–water partition coefficient (Wildman–Crippen LogP) is 1.56. The molecule has 0 aliphatic heterocycles. The van der Waals surface area contributed by atoms with Gasteiger partial charge in [-0.1, -0.05) is 0 Å². The van der Waals surface area contributed by atoms with Crippen LogP contribution in [-0.4, -0.2) is 40.1 Å². The van der Waals surface area contributed by atoms with E-state index in [0.717, 1.165) is 6.54 Å². The zero-order chi connectivity index (χ0) is 12.8. The summed E-state index contributed by atoms with van der Waals surface area (Å²) in [6.07, 6.45) is 2.99. The van der Waals surface area contributed by atoms with Crippen LogP contribution in [0.3, 0.4) is 0 Å². The number of nitrogens with two attached hydrogens (primary N) is 1. The number of ether oxygens (including phenoxy) is 1. The Labute approximate surface area is 103 Å². The van der Waals surface area contributed by atoms with Crippen LogP contribution in [0.4, 0.5) is 5.69 Å². The van der Waals surface area contributed by atoms with Crippen molar-refractivity contribution in [1.82, 2.24) is 14.9 Å². The Kier molecular flexibility index (Phi) is 5.15. The van der Waals surface area contributed by atoms with Gasteiger partial charge < -0.3 is 10.5 Å². The average molecular weight is 238 g/mol. The van der Waals surface area contributed by atoms with E-state index in [1.807, 2.05) is 0 Å². The van der Waals surface area contributed by atoms with Crippen molar-refractivity contribution in [2.75, 3.05) is 18.9 Å². The summed E-state index contributed by atoms with van der Waals surface area (Å²) in [5.74, 6) is 0.465. The first-order valence-electron chi connectivity index (χ1n) is 5.96. The monoisotopic (exact) mass is 238 g/mol. The van der Waals surface area contributed by atoms with Gasteiger partial charge in [-0.25, -0.2) is 9.97 Å². The third kappa shape index (κ3) is 4.19. The molecule has 1 aromatic heterocycles. The number of hydrogen-bond donors (Lipinski definition) is 1. The lowest BCUT2D eigenvalue weighted by molar-refractivity contribution is 0.140. The zero-order valence-corrected chi connectivity index (χ0v) is 11.1. The number of nitrogens with zero attached hydrogens (tertiary/aromatic N) is 3. The Morgan fingerprint density at radius 3 is 2.47 bits per heavy atom. The molecule has 0 bridgehead atoms. The van der Waals surface area contributed by atoms with Crippen molar-refractivity contribution < 1.29 is 4.74 Å². The van der Waals surface area contributed by atoms with Crippen molar-refractivity contribution in [2.24, 2.45) is 0 Å². The van der Waals surface area contributed by atoms with Crippen LogP contribution < -0.4 is 10.5 Å². The van der Waals surface area contributed by atoms with E-state index >= 15 is 0 Å². The summed E-state index contributed by atoms with van der Waals surface area (Å²) in [7, 11) is 0. The highest BCUT2D eigenvalue weighted by Crippen LogP contribution is 2.14. The second-order valence-electron chi connectivity index (χ2n) is 4.56. The van der Waals surface area contributed by atoms with Gasteiger partial charge in [-0.05, 0) is 27.7 Å². The van der Waals surface area contributed by atoms with Crippen LogP contribution in [0.25, 0.3) is 0 Å². The number of anilines is 1. The van der Waals surface area contributed by atoms with E-state index in [1.165, 1.54) is 6.33 Å². The number of nitrogen functional groups attached to an aromatic ring is 1. The fraction of sp³-hybridized carbons (Fsp3) is 0.667. The molecule has 0 aromatic carbocycles. The van der Waals surface area contributed by atoms with Gasteiger partial charge in [0.1, 0.15) is 18.6 Å². The quantitative estimate of drug-likeness (QED) is 0.814. The van der Waals surface area contributed by atoms with E-state index in [1.54, 1.807) is 6.20 Å². The Hall–Kier alpha value is -1.36. The van der Waals surface area contributed by atoms with Gasteiger partial charge in [-0.2, -0.15) is 0 Å². The highest BCUT2D eigenvalue weighted by atomic mass is 16.5. The summed E-state index contributed by atoms with van der Waals surface area (Å²) < 4.78 is 5.55. The minimum Gasteiger partial charge on any atom is -0.475 e. The van der Waals surface area contributed by atoms with Crippen molar-refractivity contribution in [3.8, 4) is 5.88 Å². The third-order valence-corrected chi connectivity index (χ3v) is 2.62. The summed E-state index contributed by atoms with van der Waals surface area (Å²) in [6.45, 7) is 10.2. The summed E-state index contributed by atoms with van der Waals surface area (Å²) in [6, 6.07) is 1.00. The zero-order valence-electron chi connectivity index (χ0n) is 11.1. The van der Waals surface area contributed by atoms with Crippen molar-refractivity contribution in [3.05, 3.63) is 12.5 Å². The molecule has 1 rings (SSSR count). The van der Waals surface area contributed by atoms with Crippen LogP contribution in [0.5, 0.6) is 5.88 Å². The minimum atomic E-state index is 0.465. The van der Waals surface area contributed by atoms with Crippen LogP contribution in [0.2, 0.25) is 0 Å². The molecule has 0 aliphatic carbocycles. The molecule has 17 heavy (non-hydrogen) atoms. The molecule has 2 N–H and O–H groups in total. The fourth-order valence-electron chi connectivity index (χ4n) is 1.81. The molecule has 5 heteroatoms. The largest absolute Gasteiger partial charge is 0.475 e. The van der Waals surface area contributed by atoms with Crippen LogP contribution in [0.15, 0.2) is 12.5 Å². The van der Waals surface area contributed by atoms with E-state index < -0.39 is 0 Å². The number of aromatic nitrogens is 2. The molecule has 0 saturated heterocycles. The van der Waals surface area contributed by atoms with E-state index in [-0.39, 0.29) is 0 Å². The Morgan fingerprint density at radius 1 is 1.29 bits per heavy atom. The van der Waals surface area contributed by atoms with E-state index in [9.17, 15) is 0 Å². The van der Waals surface area contributed by atoms with Gasteiger partial charge in [0.2, 0.25) is 5.88 Å². The lowest BCUT2D eigenvalue weighted by Gasteiger charge is -2.30. The molecule has 0 saturated carbocycles. The molecular formula is C12H22N4O. The standard InChI is InChI=1S/C12H22N4O/c1-9(2)16(10(3)4)5-6-17-12-11(13)7-14-8-15-12/h7-10H,5-6,13H2,1-4H3. The molecular weight excluding hydrogens is 216 g/mol. The Balaban J connectivity index is 2.44. The Bertz CT molecular complexity index is 333. The maximum Gasteiger partial charge on any atom is 0.240 e. The fourth-order valence-corrected chi connectivity index (χ4v) is 1.81. The van der Waals surface area contributed by atoms with Crippen LogP contribution in [0, 0.1) is 0 Å². The summed E-state index contributed by atoms with van der Waals surface area (Å²) >= 11 is 0. The first-order chi connectivity index (χ1) is 8.02. The lowest BCUT2D eigenvalue weighted by Crippen LogP contribution is -2.39. The predicted molar refractivity (Wildman–Crippen MR) is 68.9 cm³/mol. The second-order valence-corrected chi connectivity index (χ2v) is 4.56. The van der Waals surface area contributed by atoms with Crippen molar-refractivity contribution in [3.63, 3.8) is 0 Å². The van der Waals surface area contributed by atoms with Crippen LogP contribution >= 0.6 is 0 Å². The van der Waals surface area contributed by atoms with Gasteiger partial charge >= 0.3 is 0 Å². The molecule has 5 nitrogen and oxygen atoms in total. The minimum absolute atomic E-state index is 0.465. The first kappa shape index (κ1) is 13.7. The summed E-state index contributed by atoms with van der Waals surface area (Å²) in [5, 5.41) is 0. The molecule has 0 amide bonds. The van der Waals surface area contributed by atoms with E-state index in [0.29, 0.717) is 30.3 Å². The lowest BCUT2D eigenvalue weighted by atomic mass is 10.2. The van der Waals surface area contributed by atoms with E-state index in [4.69, 9.17) is 10.5 Å². The number of hydrogen-bond acceptors (Lipinski definition) is 5. The SMILES string of the molecule is CC(C)N(CCOc1ncncc1N)C(C)C. The van der Waals surface area contributed by atoms with Gasteiger partial charge in [0.15, 0.2) is 0 Å². The molecule has 96 valence electrons.